The third-order valence-electron chi connectivity index (χ3n) is 8.85. The molecule has 0 bridgehead atoms. The lowest BCUT2D eigenvalue weighted by molar-refractivity contribution is -0.189. The van der Waals surface area contributed by atoms with Crippen LogP contribution in [0, 0.1) is 35.5 Å². The third-order valence-corrected chi connectivity index (χ3v) is 21.4. The first kappa shape index (κ1) is 32.7. The van der Waals surface area contributed by atoms with Crippen molar-refractivity contribution in [2.45, 2.75) is 92.3 Å². The van der Waals surface area contributed by atoms with Gasteiger partial charge in [-0.3, -0.25) is 0 Å². The summed E-state index contributed by atoms with van der Waals surface area (Å²) in [6, 6.07) is 19.0. The lowest BCUT2D eigenvalue weighted by Gasteiger charge is -2.41. The molecule has 8 heteroatoms. The van der Waals surface area contributed by atoms with Crippen molar-refractivity contribution < 1.29 is 18.8 Å². The quantitative estimate of drug-likeness (QED) is 0.186. The molecule has 8 unspecified atom stereocenters. The van der Waals surface area contributed by atoms with E-state index in [9.17, 15) is 9.79 Å². The molecule has 40 heavy (non-hydrogen) atoms. The zero-order valence-corrected chi connectivity index (χ0v) is 28.4. The monoisotopic (exact) mass is 622 g/mol. The van der Waals surface area contributed by atoms with Crippen LogP contribution in [0.1, 0.15) is 80.1 Å². The zero-order valence-electron chi connectivity index (χ0n) is 25.0. The van der Waals surface area contributed by atoms with Crippen molar-refractivity contribution in [3.63, 3.8) is 0 Å². The minimum Gasteiger partial charge on any atom is -0.641 e. The highest BCUT2D eigenvalue weighted by Gasteiger charge is 2.49. The minimum atomic E-state index is -3.43. The highest BCUT2D eigenvalue weighted by atomic mass is 33.5. The van der Waals surface area contributed by atoms with E-state index < -0.39 is 13.8 Å². The third kappa shape index (κ3) is 8.26. The van der Waals surface area contributed by atoms with E-state index in [1.54, 1.807) is 0 Å². The molecule has 0 saturated heterocycles. The van der Waals surface area contributed by atoms with E-state index >= 15 is 0 Å². The van der Waals surface area contributed by atoms with Crippen LogP contribution in [0.3, 0.4) is 0 Å². The van der Waals surface area contributed by atoms with Gasteiger partial charge < -0.3 is 9.79 Å². The summed E-state index contributed by atoms with van der Waals surface area (Å²) in [5.74, 6) is 2.65. The van der Waals surface area contributed by atoms with E-state index in [1.807, 2.05) is 60.7 Å². The standard InChI is InChI=1S/C32H48O4P2S2/c1-23(2)29-19-17-25(5)21-31(29)35-37(33,27-13-9-7-10-14-27)39-40-38(34,28-15-11-8-12-16-28)36-32-22-26(6)18-20-30(32)24(3)4/h7-16,23-26,29-32H,17-22H2,1-6H3. The van der Waals surface area contributed by atoms with Crippen LogP contribution in [0.5, 0.6) is 0 Å². The largest absolute Gasteiger partial charge is 0.641 e. The maximum atomic E-state index is 14.9. The van der Waals surface area contributed by atoms with Crippen LogP contribution in [0.2, 0.25) is 0 Å². The Labute approximate surface area is 251 Å². The molecule has 0 aliphatic heterocycles. The summed E-state index contributed by atoms with van der Waals surface area (Å²) in [5.41, 5.74) is 0. The summed E-state index contributed by atoms with van der Waals surface area (Å²) in [5, 5.41) is 1.33. The van der Waals surface area contributed by atoms with Gasteiger partial charge in [0.25, 0.3) is 0 Å². The van der Waals surface area contributed by atoms with Gasteiger partial charge in [0.05, 0.1) is 0 Å². The topological polar surface area (TPSA) is 64.6 Å². The molecule has 0 spiro atoms. The molecule has 2 aromatic carbocycles. The molecule has 222 valence electrons. The van der Waals surface area contributed by atoms with E-state index in [4.69, 9.17) is 9.05 Å². The maximum absolute atomic E-state index is 14.9. The fourth-order valence-electron chi connectivity index (χ4n) is 6.38. The zero-order chi connectivity index (χ0) is 28.9. The summed E-state index contributed by atoms with van der Waals surface area (Å²) in [6.45, 7) is 6.60. The molecule has 2 fully saturated rings. The number of hydrogen-bond donors (Lipinski definition) is 0. The van der Waals surface area contributed by atoms with Crippen molar-refractivity contribution in [3.05, 3.63) is 60.7 Å². The minimum absolute atomic E-state index is 0.0931. The molecule has 2 saturated carbocycles. The van der Waals surface area contributed by atoms with Crippen LogP contribution >= 0.6 is 34.7 Å². The first-order valence-electron chi connectivity index (χ1n) is 15.1. The first-order chi connectivity index (χ1) is 19.0. The highest BCUT2D eigenvalue weighted by molar-refractivity contribution is 9.15. The molecular formula is C32H48O4P2S2. The lowest BCUT2D eigenvalue weighted by Crippen LogP contribution is -2.38. The van der Waals surface area contributed by atoms with Crippen molar-refractivity contribution in [3.8, 4) is 0 Å². The Morgan fingerprint density at radius 2 is 0.975 bits per heavy atom. The Bertz CT molecular complexity index is 962. The summed E-state index contributed by atoms with van der Waals surface area (Å²) < 4.78 is 13.5. The molecular weight excluding hydrogens is 574 g/mol. The van der Waals surface area contributed by atoms with E-state index in [0.717, 1.165) is 46.5 Å². The summed E-state index contributed by atoms with van der Waals surface area (Å²) in [4.78, 5) is 29.8. The highest BCUT2D eigenvalue weighted by Crippen LogP contribution is 2.80. The van der Waals surface area contributed by atoms with Gasteiger partial charge in [-0.1, -0.05) is 90.8 Å². The first-order valence-corrected chi connectivity index (χ1v) is 21.7. The predicted octanol–water partition coefficient (Wildman–Crippen LogP) is 8.22. The fraction of sp³-hybridized carbons (Fsp3) is 0.625. The lowest BCUT2D eigenvalue weighted by atomic mass is 9.75. The summed E-state index contributed by atoms with van der Waals surface area (Å²) in [6.07, 6.45) is 6.12. The summed E-state index contributed by atoms with van der Waals surface area (Å²) in [7, 11) is 2.30. The average molecular weight is 623 g/mol. The molecule has 2 aromatic rings. The van der Waals surface area contributed by atoms with Crippen LogP contribution < -0.4 is 20.4 Å². The molecule has 2 aliphatic rings. The number of benzene rings is 2. The average Bonchev–Trinajstić information content (AvgIpc) is 2.93. The molecule has 2 aliphatic carbocycles. The van der Waals surface area contributed by atoms with Gasteiger partial charge in [-0.25, -0.2) is 9.05 Å². The molecule has 0 radical (unpaired) electrons. The number of hydrogen-bond acceptors (Lipinski definition) is 6. The molecule has 4 nitrogen and oxygen atoms in total. The maximum Gasteiger partial charge on any atom is 0.211 e. The van der Waals surface area contributed by atoms with Gasteiger partial charge in [0.2, 0.25) is 13.8 Å². The van der Waals surface area contributed by atoms with Gasteiger partial charge in [-0.2, -0.15) is 0 Å². The van der Waals surface area contributed by atoms with Crippen molar-refractivity contribution in [1.82, 2.24) is 0 Å². The Morgan fingerprint density at radius 1 is 0.625 bits per heavy atom. The Morgan fingerprint density at radius 3 is 1.30 bits per heavy atom. The van der Waals surface area contributed by atoms with Crippen molar-refractivity contribution >= 4 is 45.3 Å². The van der Waals surface area contributed by atoms with Crippen molar-refractivity contribution in [2.24, 2.45) is 35.5 Å². The Balaban J connectivity index is 1.64. The van der Waals surface area contributed by atoms with E-state index in [1.165, 1.54) is 12.8 Å². The summed E-state index contributed by atoms with van der Waals surface area (Å²) >= 11 is 0. The Kier molecular flexibility index (Phi) is 11.9. The number of rotatable bonds is 11. The van der Waals surface area contributed by atoms with Gasteiger partial charge in [0, 0.05) is 0 Å². The fourth-order valence-corrected chi connectivity index (χ4v) is 20.5. The van der Waals surface area contributed by atoms with Crippen molar-refractivity contribution in [1.29, 1.82) is 0 Å². The normalized spacial score (nSPS) is 30.6. The molecule has 0 heterocycles. The van der Waals surface area contributed by atoms with Crippen LogP contribution in [0.15, 0.2) is 60.7 Å². The molecule has 4 rings (SSSR count). The molecule has 0 amide bonds. The second kappa shape index (κ2) is 14.5. The van der Waals surface area contributed by atoms with Gasteiger partial charge in [-0.05, 0) is 85.5 Å². The van der Waals surface area contributed by atoms with Crippen LogP contribution in [0.25, 0.3) is 0 Å². The van der Waals surface area contributed by atoms with Gasteiger partial charge in [0.15, 0.2) is 20.8 Å². The molecule has 8 atom stereocenters. The molecule has 0 aromatic heterocycles. The van der Waals surface area contributed by atoms with Crippen LogP contribution in [-0.4, -0.2) is 12.2 Å². The van der Waals surface area contributed by atoms with Crippen molar-refractivity contribution in [2.75, 3.05) is 0 Å². The molecule has 0 N–H and O–H groups in total. The van der Waals surface area contributed by atoms with Gasteiger partial charge in [-0.15, -0.1) is 0 Å². The second-order valence-electron chi connectivity index (χ2n) is 12.8. The van der Waals surface area contributed by atoms with Gasteiger partial charge in [0.1, 0.15) is 22.8 Å². The van der Waals surface area contributed by atoms with Gasteiger partial charge >= 0.3 is 0 Å². The predicted molar refractivity (Wildman–Crippen MR) is 174 cm³/mol. The Hall–Kier alpha value is -0.160. The van der Waals surface area contributed by atoms with Crippen LogP contribution in [0.4, 0.5) is 0 Å². The SMILES string of the molecule is CC1CCC(C(C)C)C(O[P+]([O-])(SS[P+]([O-])(OC2CC(C)CCC2C(C)C)c2ccccc2)c2ccccc2)C1. The second-order valence-corrected chi connectivity index (χ2v) is 23.0. The van der Waals surface area contributed by atoms with E-state index in [0.29, 0.717) is 46.1 Å². The van der Waals surface area contributed by atoms with E-state index in [-0.39, 0.29) is 12.2 Å². The van der Waals surface area contributed by atoms with E-state index in [2.05, 4.69) is 41.5 Å². The smallest absolute Gasteiger partial charge is 0.211 e. The van der Waals surface area contributed by atoms with Crippen LogP contribution in [-0.2, 0) is 9.05 Å².